The number of fused-ring (bicyclic) bond motifs is 1. The zero-order valence-corrected chi connectivity index (χ0v) is 16.8. The molecule has 2 atom stereocenters. The van der Waals surface area contributed by atoms with Gasteiger partial charge in [0.15, 0.2) is 6.10 Å². The summed E-state index contributed by atoms with van der Waals surface area (Å²) in [6, 6.07) is 13.9. The number of carbonyl (C=O) groups is 2. The number of nitrogens with one attached hydrogen (secondary N) is 2. The number of aryl methyl sites for hydroxylation is 1. The van der Waals surface area contributed by atoms with Gasteiger partial charge in [-0.05, 0) is 18.1 Å². The number of nitrogens with zero attached hydrogens (tertiary/aromatic N) is 3. The number of rotatable bonds is 7. The van der Waals surface area contributed by atoms with Gasteiger partial charge in [0.1, 0.15) is 5.69 Å². The summed E-state index contributed by atoms with van der Waals surface area (Å²) in [4.78, 5) is 24.9. The lowest BCUT2D eigenvalue weighted by atomic mass is 9.99. The molecule has 2 heterocycles. The highest BCUT2D eigenvalue weighted by molar-refractivity contribution is 6.04. The molecule has 2 amide bonds. The van der Waals surface area contributed by atoms with Gasteiger partial charge in [0.05, 0.1) is 23.3 Å². The van der Waals surface area contributed by atoms with Gasteiger partial charge in [-0.25, -0.2) is 0 Å². The highest BCUT2D eigenvalue weighted by Crippen LogP contribution is 2.29. The molecule has 0 aliphatic rings. The van der Waals surface area contributed by atoms with Crippen molar-refractivity contribution in [3.05, 3.63) is 72.1 Å². The van der Waals surface area contributed by atoms with Crippen LogP contribution in [0.2, 0.25) is 0 Å². The molecular formula is C22H22N6O3. The smallest absolute Gasteiger partial charge is 0.255 e. The quantitative estimate of drug-likeness (QED) is 0.357. The van der Waals surface area contributed by atoms with Crippen molar-refractivity contribution in [1.82, 2.24) is 25.3 Å². The molecule has 4 rings (SSSR count). The number of benzene rings is 2. The van der Waals surface area contributed by atoms with Gasteiger partial charge in [0.2, 0.25) is 5.91 Å². The number of aliphatic hydroxyl groups is 1. The van der Waals surface area contributed by atoms with Crippen LogP contribution in [-0.4, -0.2) is 49.0 Å². The molecule has 5 N–H and O–H groups in total. The number of primary amides is 1. The summed E-state index contributed by atoms with van der Waals surface area (Å²) in [6.07, 6.45) is 1.97. The number of hydrogen-bond donors (Lipinski definition) is 4. The molecule has 9 heteroatoms. The fraction of sp³-hybridized carbons (Fsp3) is 0.182. The van der Waals surface area contributed by atoms with E-state index < -0.39 is 24.0 Å². The third-order valence-corrected chi connectivity index (χ3v) is 5.10. The molecule has 0 saturated heterocycles. The monoisotopic (exact) mass is 418 g/mol. The SMILES string of the molecule is Cn1cc(C(=O)NC(Cc2ccccc2)C(O)C(N)=O)c(-c2cccc3[nH]ncc23)n1. The van der Waals surface area contributed by atoms with Crippen LogP contribution in [0, 0.1) is 0 Å². The van der Waals surface area contributed by atoms with Crippen molar-refractivity contribution in [2.24, 2.45) is 12.8 Å². The Hall–Kier alpha value is -3.98. The van der Waals surface area contributed by atoms with Crippen molar-refractivity contribution in [2.45, 2.75) is 18.6 Å². The maximum atomic E-state index is 13.2. The van der Waals surface area contributed by atoms with Gasteiger partial charge in [0.25, 0.3) is 5.91 Å². The summed E-state index contributed by atoms with van der Waals surface area (Å²) >= 11 is 0. The Kier molecular flexibility index (Phi) is 5.50. The summed E-state index contributed by atoms with van der Waals surface area (Å²) in [5, 5.41) is 25.3. The minimum absolute atomic E-state index is 0.240. The Balaban J connectivity index is 1.67. The molecule has 0 bridgehead atoms. The standard InChI is InChI=1S/C22H22N6O3/c1-28-12-16(19(27-28)14-8-5-9-17-15(14)11-24-26-17)22(31)25-18(20(29)21(23)30)10-13-6-3-2-4-7-13/h2-9,11-12,18,20,29H,10H2,1H3,(H2,23,30)(H,24,26)(H,25,31). The number of aromatic nitrogens is 4. The minimum atomic E-state index is -1.54. The maximum Gasteiger partial charge on any atom is 0.255 e. The second kappa shape index (κ2) is 8.41. The van der Waals surface area contributed by atoms with E-state index in [0.717, 1.165) is 22.0 Å². The Morgan fingerprint density at radius 3 is 2.71 bits per heavy atom. The molecule has 2 aromatic heterocycles. The lowest BCUT2D eigenvalue weighted by Crippen LogP contribution is -2.50. The summed E-state index contributed by atoms with van der Waals surface area (Å²) in [6.45, 7) is 0. The molecule has 2 unspecified atom stereocenters. The molecular weight excluding hydrogens is 396 g/mol. The predicted octanol–water partition coefficient (Wildman–Crippen LogP) is 1.15. The van der Waals surface area contributed by atoms with Gasteiger partial charge in [-0.15, -0.1) is 0 Å². The molecule has 0 spiro atoms. The van der Waals surface area contributed by atoms with Crippen LogP contribution in [0.5, 0.6) is 0 Å². The molecule has 0 aliphatic carbocycles. The molecule has 0 saturated carbocycles. The largest absolute Gasteiger partial charge is 0.381 e. The number of amides is 2. The lowest BCUT2D eigenvalue weighted by molar-refractivity contribution is -0.127. The van der Waals surface area contributed by atoms with Crippen LogP contribution >= 0.6 is 0 Å². The van der Waals surface area contributed by atoms with E-state index in [0.29, 0.717) is 11.3 Å². The number of aliphatic hydroxyl groups excluding tert-OH is 1. The molecule has 158 valence electrons. The van der Waals surface area contributed by atoms with Crippen molar-refractivity contribution in [3.63, 3.8) is 0 Å². The second-order valence-corrected chi connectivity index (χ2v) is 7.32. The van der Waals surface area contributed by atoms with Crippen molar-refractivity contribution >= 4 is 22.7 Å². The zero-order chi connectivity index (χ0) is 22.0. The zero-order valence-electron chi connectivity index (χ0n) is 16.8. The van der Waals surface area contributed by atoms with Crippen LogP contribution in [0.15, 0.2) is 60.9 Å². The molecule has 0 radical (unpaired) electrons. The average Bonchev–Trinajstić information content (AvgIpc) is 3.39. The first-order chi connectivity index (χ1) is 14.9. The van der Waals surface area contributed by atoms with Crippen LogP contribution in [0.1, 0.15) is 15.9 Å². The van der Waals surface area contributed by atoms with Gasteiger partial charge in [0, 0.05) is 24.2 Å². The van der Waals surface area contributed by atoms with Gasteiger partial charge in [-0.1, -0.05) is 42.5 Å². The first-order valence-corrected chi connectivity index (χ1v) is 9.72. The second-order valence-electron chi connectivity index (χ2n) is 7.32. The van der Waals surface area contributed by atoms with Crippen molar-refractivity contribution in [3.8, 4) is 11.3 Å². The summed E-state index contributed by atoms with van der Waals surface area (Å²) in [7, 11) is 1.72. The molecule has 31 heavy (non-hydrogen) atoms. The minimum Gasteiger partial charge on any atom is -0.381 e. The fourth-order valence-electron chi connectivity index (χ4n) is 3.58. The average molecular weight is 418 g/mol. The van der Waals surface area contributed by atoms with Crippen LogP contribution in [0.25, 0.3) is 22.2 Å². The van der Waals surface area contributed by atoms with E-state index in [-0.39, 0.29) is 6.42 Å². The highest BCUT2D eigenvalue weighted by atomic mass is 16.3. The van der Waals surface area contributed by atoms with Crippen LogP contribution in [-0.2, 0) is 18.3 Å². The van der Waals surface area contributed by atoms with Crippen LogP contribution in [0.4, 0.5) is 0 Å². The number of nitrogens with two attached hydrogens (primary N) is 1. The number of carbonyl (C=O) groups excluding carboxylic acids is 2. The molecule has 2 aromatic carbocycles. The number of hydrogen-bond acceptors (Lipinski definition) is 5. The Bertz CT molecular complexity index is 1230. The van der Waals surface area contributed by atoms with E-state index in [1.165, 1.54) is 0 Å². The van der Waals surface area contributed by atoms with E-state index in [4.69, 9.17) is 5.73 Å². The molecule has 9 nitrogen and oxygen atoms in total. The fourth-order valence-corrected chi connectivity index (χ4v) is 3.58. The molecule has 0 fully saturated rings. The van der Waals surface area contributed by atoms with Crippen molar-refractivity contribution in [2.75, 3.05) is 0 Å². The van der Waals surface area contributed by atoms with Crippen molar-refractivity contribution in [1.29, 1.82) is 0 Å². The summed E-state index contributed by atoms with van der Waals surface area (Å²) in [5.74, 6) is -1.37. The van der Waals surface area contributed by atoms with E-state index in [1.807, 2.05) is 48.5 Å². The molecule has 0 aliphatic heterocycles. The van der Waals surface area contributed by atoms with E-state index in [9.17, 15) is 14.7 Å². The Morgan fingerprint density at radius 2 is 1.97 bits per heavy atom. The third-order valence-electron chi connectivity index (χ3n) is 5.10. The lowest BCUT2D eigenvalue weighted by Gasteiger charge is -2.22. The van der Waals surface area contributed by atoms with Crippen molar-refractivity contribution < 1.29 is 14.7 Å². The Morgan fingerprint density at radius 1 is 1.19 bits per heavy atom. The first-order valence-electron chi connectivity index (χ1n) is 9.72. The van der Waals surface area contributed by atoms with E-state index in [2.05, 4.69) is 20.6 Å². The molecule has 4 aromatic rings. The van der Waals surface area contributed by atoms with Crippen LogP contribution in [0.3, 0.4) is 0 Å². The topological polar surface area (TPSA) is 139 Å². The summed E-state index contributed by atoms with van der Waals surface area (Å²) in [5.41, 5.74) is 8.51. The van der Waals surface area contributed by atoms with Gasteiger partial charge in [-0.3, -0.25) is 19.4 Å². The van der Waals surface area contributed by atoms with E-state index >= 15 is 0 Å². The number of H-pyrrole nitrogens is 1. The van der Waals surface area contributed by atoms with E-state index in [1.54, 1.807) is 24.1 Å². The Labute approximate surface area is 177 Å². The third kappa shape index (κ3) is 4.17. The first kappa shape index (κ1) is 20.3. The summed E-state index contributed by atoms with van der Waals surface area (Å²) < 4.78 is 1.54. The normalized spacial score (nSPS) is 13.1. The predicted molar refractivity (Wildman–Crippen MR) is 115 cm³/mol. The van der Waals surface area contributed by atoms with Crippen LogP contribution < -0.4 is 11.1 Å². The number of aromatic amines is 1. The van der Waals surface area contributed by atoms with Gasteiger partial charge < -0.3 is 16.2 Å². The highest BCUT2D eigenvalue weighted by Gasteiger charge is 2.28. The maximum absolute atomic E-state index is 13.2. The van der Waals surface area contributed by atoms with Gasteiger partial charge in [-0.2, -0.15) is 10.2 Å². The van der Waals surface area contributed by atoms with Gasteiger partial charge >= 0.3 is 0 Å².